The Kier molecular flexibility index (Phi) is 6.83. The standard InChI is InChI=1S/C31H26N8O/c32-18-28-34-11-10-29(37-28)39-14-12-38(13-15-39)20-21-6-8-23(9-7-21)30-25(22-4-2-1-3-5-22)16-24-19-35-27(31(33)40)17-26(24)36-30/h1-11,16-17,19H,12-15,20H2,(H2,33,40). The molecule has 2 aromatic carbocycles. The summed E-state index contributed by atoms with van der Waals surface area (Å²) in [6, 6.07) is 26.2. The molecule has 5 aromatic rings. The van der Waals surface area contributed by atoms with Crippen LogP contribution in [0.3, 0.4) is 0 Å². The van der Waals surface area contributed by atoms with Crippen molar-refractivity contribution >= 4 is 22.6 Å². The number of primary amides is 1. The van der Waals surface area contributed by atoms with Gasteiger partial charge in [0.15, 0.2) is 0 Å². The smallest absolute Gasteiger partial charge is 0.267 e. The summed E-state index contributed by atoms with van der Waals surface area (Å²) in [7, 11) is 0. The number of piperazine rings is 1. The van der Waals surface area contributed by atoms with Gasteiger partial charge in [-0.3, -0.25) is 14.7 Å². The molecule has 2 N–H and O–H groups in total. The van der Waals surface area contributed by atoms with Gasteiger partial charge in [0, 0.05) is 61.6 Å². The number of rotatable bonds is 6. The molecule has 40 heavy (non-hydrogen) atoms. The fraction of sp³-hybridized carbons (Fsp3) is 0.161. The Balaban J connectivity index is 1.23. The number of carbonyl (C=O) groups excluding carboxylic acids is 1. The third-order valence-corrected chi connectivity index (χ3v) is 7.11. The summed E-state index contributed by atoms with van der Waals surface area (Å²) in [6.45, 7) is 4.31. The fourth-order valence-electron chi connectivity index (χ4n) is 5.00. The highest BCUT2D eigenvalue weighted by molar-refractivity contribution is 5.97. The average molecular weight is 527 g/mol. The molecule has 0 saturated carbocycles. The van der Waals surface area contributed by atoms with E-state index in [2.05, 4.69) is 67.2 Å². The lowest BCUT2D eigenvalue weighted by Crippen LogP contribution is -2.46. The lowest BCUT2D eigenvalue weighted by Gasteiger charge is -2.35. The summed E-state index contributed by atoms with van der Waals surface area (Å²) in [4.78, 5) is 33.8. The summed E-state index contributed by atoms with van der Waals surface area (Å²) in [5.41, 5.74) is 11.4. The predicted molar refractivity (Wildman–Crippen MR) is 153 cm³/mol. The molecule has 0 aliphatic carbocycles. The molecular weight excluding hydrogens is 500 g/mol. The van der Waals surface area contributed by atoms with Gasteiger partial charge in [-0.05, 0) is 29.3 Å². The van der Waals surface area contributed by atoms with E-state index in [1.807, 2.05) is 30.3 Å². The van der Waals surface area contributed by atoms with Crippen molar-refractivity contribution in [2.75, 3.05) is 31.1 Å². The summed E-state index contributed by atoms with van der Waals surface area (Å²) in [5.74, 6) is 0.416. The lowest BCUT2D eigenvalue weighted by atomic mass is 9.97. The lowest BCUT2D eigenvalue weighted by molar-refractivity contribution is 0.0995. The number of pyridine rings is 2. The molecule has 4 heterocycles. The Morgan fingerprint density at radius 2 is 1.68 bits per heavy atom. The van der Waals surface area contributed by atoms with Gasteiger partial charge in [-0.1, -0.05) is 54.6 Å². The quantitative estimate of drug-likeness (QED) is 0.351. The van der Waals surface area contributed by atoms with E-state index in [1.54, 1.807) is 18.5 Å². The topological polar surface area (TPSA) is 125 Å². The number of amides is 1. The van der Waals surface area contributed by atoms with Crippen molar-refractivity contribution in [2.45, 2.75) is 6.54 Å². The number of aromatic nitrogens is 4. The largest absolute Gasteiger partial charge is 0.364 e. The number of carbonyl (C=O) groups is 1. The minimum atomic E-state index is -0.577. The van der Waals surface area contributed by atoms with E-state index in [9.17, 15) is 4.79 Å². The number of nitriles is 1. The summed E-state index contributed by atoms with van der Waals surface area (Å²) >= 11 is 0. The molecule has 9 heteroatoms. The van der Waals surface area contributed by atoms with Crippen molar-refractivity contribution in [3.63, 3.8) is 0 Å². The van der Waals surface area contributed by atoms with Crippen LogP contribution in [0.1, 0.15) is 21.9 Å². The van der Waals surface area contributed by atoms with E-state index in [0.29, 0.717) is 5.52 Å². The molecule has 6 rings (SSSR count). The van der Waals surface area contributed by atoms with Crippen LogP contribution in [0, 0.1) is 11.3 Å². The van der Waals surface area contributed by atoms with Crippen LogP contribution in [0.25, 0.3) is 33.3 Å². The molecule has 1 saturated heterocycles. The molecular formula is C31H26N8O. The predicted octanol–water partition coefficient (Wildman–Crippen LogP) is 4.05. The maximum absolute atomic E-state index is 11.7. The van der Waals surface area contributed by atoms with E-state index in [-0.39, 0.29) is 11.5 Å². The minimum Gasteiger partial charge on any atom is -0.364 e. The van der Waals surface area contributed by atoms with Crippen molar-refractivity contribution in [1.82, 2.24) is 24.8 Å². The van der Waals surface area contributed by atoms with Gasteiger partial charge in [-0.15, -0.1) is 0 Å². The van der Waals surface area contributed by atoms with Gasteiger partial charge in [0.1, 0.15) is 17.6 Å². The molecule has 0 atom stereocenters. The second-order valence-corrected chi connectivity index (χ2v) is 9.69. The zero-order valence-corrected chi connectivity index (χ0v) is 21.7. The van der Waals surface area contributed by atoms with E-state index in [1.165, 1.54) is 5.56 Å². The van der Waals surface area contributed by atoms with E-state index in [0.717, 1.165) is 66.3 Å². The molecule has 196 valence electrons. The SMILES string of the molecule is N#Cc1nccc(N2CCN(Cc3ccc(-c4nc5cc(C(N)=O)ncc5cc4-c4ccccc4)cc3)CC2)n1. The minimum absolute atomic E-state index is 0.194. The fourth-order valence-corrected chi connectivity index (χ4v) is 5.00. The normalized spacial score (nSPS) is 13.7. The molecule has 0 spiro atoms. The Morgan fingerprint density at radius 1 is 0.900 bits per heavy atom. The molecule has 0 bridgehead atoms. The highest BCUT2D eigenvalue weighted by Gasteiger charge is 2.19. The van der Waals surface area contributed by atoms with Crippen molar-refractivity contribution < 1.29 is 4.79 Å². The van der Waals surface area contributed by atoms with Gasteiger partial charge in [0.25, 0.3) is 5.91 Å². The summed E-state index contributed by atoms with van der Waals surface area (Å²) < 4.78 is 0. The van der Waals surface area contributed by atoms with Crippen LogP contribution in [0.15, 0.2) is 85.2 Å². The molecule has 3 aromatic heterocycles. The first-order valence-corrected chi connectivity index (χ1v) is 13.0. The van der Waals surface area contributed by atoms with Crippen LogP contribution in [-0.4, -0.2) is 56.9 Å². The Morgan fingerprint density at radius 3 is 2.40 bits per heavy atom. The van der Waals surface area contributed by atoms with E-state index in [4.69, 9.17) is 16.0 Å². The highest BCUT2D eigenvalue weighted by Crippen LogP contribution is 2.33. The number of anilines is 1. The second kappa shape index (κ2) is 10.9. The van der Waals surface area contributed by atoms with E-state index >= 15 is 0 Å². The van der Waals surface area contributed by atoms with Gasteiger partial charge in [-0.2, -0.15) is 5.26 Å². The number of nitrogens with zero attached hydrogens (tertiary/aromatic N) is 7. The van der Waals surface area contributed by atoms with Crippen molar-refractivity contribution in [1.29, 1.82) is 5.26 Å². The molecule has 1 fully saturated rings. The Labute approximate surface area is 231 Å². The van der Waals surface area contributed by atoms with Gasteiger partial charge in [-0.25, -0.2) is 15.0 Å². The number of fused-ring (bicyclic) bond motifs is 1. The number of benzene rings is 2. The van der Waals surface area contributed by atoms with Crippen LogP contribution in [0.4, 0.5) is 5.82 Å². The third kappa shape index (κ3) is 5.21. The molecule has 0 radical (unpaired) electrons. The number of hydrogen-bond donors (Lipinski definition) is 1. The Bertz CT molecular complexity index is 1720. The monoisotopic (exact) mass is 526 g/mol. The van der Waals surface area contributed by atoms with Gasteiger partial charge in [0.2, 0.25) is 5.82 Å². The zero-order chi connectivity index (χ0) is 27.5. The number of nitrogens with two attached hydrogens (primary N) is 1. The van der Waals surface area contributed by atoms with Crippen LogP contribution in [0.2, 0.25) is 0 Å². The average Bonchev–Trinajstić information content (AvgIpc) is 3.01. The maximum atomic E-state index is 11.7. The van der Waals surface area contributed by atoms with Gasteiger partial charge >= 0.3 is 0 Å². The summed E-state index contributed by atoms with van der Waals surface area (Å²) in [5, 5.41) is 9.93. The van der Waals surface area contributed by atoms with Crippen LogP contribution < -0.4 is 10.6 Å². The molecule has 0 unspecified atom stereocenters. The Hall–Kier alpha value is -5.20. The first-order valence-electron chi connectivity index (χ1n) is 13.0. The third-order valence-electron chi connectivity index (χ3n) is 7.11. The molecule has 1 amide bonds. The van der Waals surface area contributed by atoms with Crippen LogP contribution >= 0.6 is 0 Å². The molecule has 1 aliphatic heterocycles. The van der Waals surface area contributed by atoms with Crippen LogP contribution in [0.5, 0.6) is 0 Å². The van der Waals surface area contributed by atoms with Crippen molar-refractivity contribution in [3.05, 3.63) is 102 Å². The van der Waals surface area contributed by atoms with Gasteiger partial charge < -0.3 is 10.6 Å². The highest BCUT2D eigenvalue weighted by atomic mass is 16.1. The molecule has 1 aliphatic rings. The summed E-state index contributed by atoms with van der Waals surface area (Å²) in [6.07, 6.45) is 3.28. The number of hydrogen-bond acceptors (Lipinski definition) is 8. The van der Waals surface area contributed by atoms with E-state index < -0.39 is 5.91 Å². The van der Waals surface area contributed by atoms with Gasteiger partial charge in [0.05, 0.1) is 11.2 Å². The van der Waals surface area contributed by atoms with Crippen LogP contribution in [-0.2, 0) is 6.54 Å². The van der Waals surface area contributed by atoms with Crippen molar-refractivity contribution in [2.24, 2.45) is 5.73 Å². The second-order valence-electron chi connectivity index (χ2n) is 9.69. The maximum Gasteiger partial charge on any atom is 0.267 e. The zero-order valence-electron chi connectivity index (χ0n) is 21.7. The van der Waals surface area contributed by atoms with Crippen molar-refractivity contribution in [3.8, 4) is 28.5 Å². The first-order chi connectivity index (χ1) is 19.6. The molecule has 9 nitrogen and oxygen atoms in total. The first kappa shape index (κ1) is 25.1.